The topological polar surface area (TPSA) is 98.1 Å². The number of thioether (sulfide) groups is 1. The summed E-state index contributed by atoms with van der Waals surface area (Å²) in [5.41, 5.74) is 1.74. The summed E-state index contributed by atoms with van der Waals surface area (Å²) >= 11 is 1.30. The van der Waals surface area contributed by atoms with E-state index in [0.29, 0.717) is 27.8 Å². The highest BCUT2D eigenvalue weighted by atomic mass is 32.2. The van der Waals surface area contributed by atoms with E-state index in [4.69, 9.17) is 4.74 Å². The second-order valence-corrected chi connectivity index (χ2v) is 7.97. The number of nitrogens with one attached hydrogen (secondary N) is 2. The molecule has 4 rings (SSSR count). The van der Waals surface area contributed by atoms with Crippen molar-refractivity contribution in [1.82, 2.24) is 14.8 Å². The van der Waals surface area contributed by atoms with Crippen LogP contribution in [-0.2, 0) is 11.8 Å². The van der Waals surface area contributed by atoms with Crippen molar-refractivity contribution >= 4 is 35.0 Å². The average Bonchev–Trinajstić information content (AvgIpc) is 3.25. The fraction of sp³-hybridized carbons (Fsp3) is 0.0833. The largest absolute Gasteiger partial charge is 0.457 e. The van der Waals surface area contributed by atoms with Crippen LogP contribution in [0.1, 0.15) is 10.4 Å². The molecule has 4 aromatic rings. The number of hydrogen-bond acceptors (Lipinski definition) is 6. The van der Waals surface area contributed by atoms with Crippen molar-refractivity contribution in [3.05, 3.63) is 90.8 Å². The third kappa shape index (κ3) is 6.20. The van der Waals surface area contributed by atoms with Gasteiger partial charge in [-0.2, -0.15) is 0 Å². The lowest BCUT2D eigenvalue weighted by Crippen LogP contribution is -2.15. The SMILES string of the molecule is Cn1cnnc1SCC(=O)Nc1ccc(C(=O)Nc2ccc(Oc3ccccc3)cc2)cc1. The van der Waals surface area contributed by atoms with Crippen molar-refractivity contribution in [2.75, 3.05) is 16.4 Å². The van der Waals surface area contributed by atoms with E-state index in [9.17, 15) is 9.59 Å². The van der Waals surface area contributed by atoms with Gasteiger partial charge < -0.3 is 19.9 Å². The van der Waals surface area contributed by atoms with E-state index in [-0.39, 0.29) is 17.6 Å². The molecule has 0 fully saturated rings. The zero-order valence-corrected chi connectivity index (χ0v) is 18.6. The first-order valence-corrected chi connectivity index (χ1v) is 11.1. The number of rotatable bonds is 8. The molecular weight excluding hydrogens is 438 g/mol. The van der Waals surface area contributed by atoms with E-state index >= 15 is 0 Å². The highest BCUT2D eigenvalue weighted by Crippen LogP contribution is 2.23. The fourth-order valence-corrected chi connectivity index (χ4v) is 3.56. The molecule has 0 aliphatic carbocycles. The molecule has 1 aromatic heterocycles. The molecule has 3 aromatic carbocycles. The van der Waals surface area contributed by atoms with Crippen molar-refractivity contribution in [2.45, 2.75) is 5.16 Å². The molecule has 0 saturated carbocycles. The Balaban J connectivity index is 1.28. The van der Waals surface area contributed by atoms with E-state index in [1.165, 1.54) is 11.8 Å². The molecule has 0 spiro atoms. The summed E-state index contributed by atoms with van der Waals surface area (Å²) in [4.78, 5) is 24.7. The van der Waals surface area contributed by atoms with Crippen LogP contribution in [0.3, 0.4) is 0 Å². The van der Waals surface area contributed by atoms with Gasteiger partial charge in [0.15, 0.2) is 5.16 Å². The van der Waals surface area contributed by atoms with Gasteiger partial charge in [0.25, 0.3) is 5.91 Å². The van der Waals surface area contributed by atoms with Gasteiger partial charge in [0.2, 0.25) is 5.91 Å². The number of benzene rings is 3. The summed E-state index contributed by atoms with van der Waals surface area (Å²) in [5.74, 6) is 1.21. The summed E-state index contributed by atoms with van der Waals surface area (Å²) in [7, 11) is 1.82. The van der Waals surface area contributed by atoms with Crippen LogP contribution in [0.5, 0.6) is 11.5 Å². The summed E-state index contributed by atoms with van der Waals surface area (Å²) in [6.07, 6.45) is 1.58. The predicted octanol–water partition coefficient (Wildman–Crippen LogP) is 4.59. The third-order valence-electron chi connectivity index (χ3n) is 4.52. The van der Waals surface area contributed by atoms with Gasteiger partial charge in [0.05, 0.1) is 5.75 Å². The van der Waals surface area contributed by atoms with Crippen LogP contribution >= 0.6 is 11.8 Å². The van der Waals surface area contributed by atoms with Crippen LogP contribution in [0, 0.1) is 0 Å². The molecular formula is C24H21N5O3S. The van der Waals surface area contributed by atoms with E-state index in [1.807, 2.05) is 37.4 Å². The number of anilines is 2. The summed E-state index contributed by atoms with van der Waals surface area (Å²) < 4.78 is 7.50. The Labute approximate surface area is 195 Å². The van der Waals surface area contributed by atoms with Gasteiger partial charge in [-0.25, -0.2) is 0 Å². The average molecular weight is 460 g/mol. The summed E-state index contributed by atoms with van der Waals surface area (Å²) in [6.45, 7) is 0. The highest BCUT2D eigenvalue weighted by molar-refractivity contribution is 7.99. The monoisotopic (exact) mass is 459 g/mol. The number of amides is 2. The molecule has 0 bridgehead atoms. The Hall–Kier alpha value is -4.11. The zero-order chi connectivity index (χ0) is 23.0. The first-order valence-electron chi connectivity index (χ1n) is 10.1. The van der Waals surface area contributed by atoms with Crippen LogP contribution in [0.2, 0.25) is 0 Å². The maximum Gasteiger partial charge on any atom is 0.255 e. The van der Waals surface area contributed by atoms with E-state index < -0.39 is 0 Å². The molecule has 166 valence electrons. The van der Waals surface area contributed by atoms with Crippen LogP contribution in [-0.4, -0.2) is 32.3 Å². The number of nitrogens with zero attached hydrogens (tertiary/aromatic N) is 3. The second-order valence-electron chi connectivity index (χ2n) is 7.03. The van der Waals surface area contributed by atoms with Gasteiger partial charge in [-0.1, -0.05) is 30.0 Å². The lowest BCUT2D eigenvalue weighted by atomic mass is 10.2. The van der Waals surface area contributed by atoms with Gasteiger partial charge in [0, 0.05) is 24.0 Å². The zero-order valence-electron chi connectivity index (χ0n) is 17.8. The molecule has 0 saturated heterocycles. The number of para-hydroxylation sites is 1. The molecule has 0 unspecified atom stereocenters. The minimum Gasteiger partial charge on any atom is -0.457 e. The standard InChI is InChI=1S/C24H21N5O3S/c1-29-16-25-28-24(29)33-15-22(30)26-18-9-7-17(8-10-18)23(31)27-19-11-13-21(14-12-19)32-20-5-3-2-4-6-20/h2-14,16H,15H2,1H3,(H,26,30)(H,27,31). The fourth-order valence-electron chi connectivity index (χ4n) is 2.87. The predicted molar refractivity (Wildman–Crippen MR) is 128 cm³/mol. The molecule has 9 heteroatoms. The van der Waals surface area contributed by atoms with Crippen LogP contribution in [0.25, 0.3) is 0 Å². The molecule has 0 radical (unpaired) electrons. The van der Waals surface area contributed by atoms with Crippen LogP contribution < -0.4 is 15.4 Å². The normalized spacial score (nSPS) is 10.5. The lowest BCUT2D eigenvalue weighted by molar-refractivity contribution is -0.113. The number of carbonyl (C=O) groups excluding carboxylic acids is 2. The van der Waals surface area contributed by atoms with Gasteiger partial charge >= 0.3 is 0 Å². The minimum atomic E-state index is -0.248. The van der Waals surface area contributed by atoms with Crippen molar-refractivity contribution in [2.24, 2.45) is 7.05 Å². The smallest absolute Gasteiger partial charge is 0.255 e. The minimum absolute atomic E-state index is 0.169. The second kappa shape index (κ2) is 10.5. The van der Waals surface area contributed by atoms with Crippen molar-refractivity contribution in [1.29, 1.82) is 0 Å². The first-order chi connectivity index (χ1) is 16.1. The summed E-state index contributed by atoms with van der Waals surface area (Å²) in [5, 5.41) is 14.0. The number of aromatic nitrogens is 3. The van der Waals surface area contributed by atoms with E-state index in [2.05, 4.69) is 20.8 Å². The molecule has 0 aliphatic rings. The van der Waals surface area contributed by atoms with Gasteiger partial charge in [-0.15, -0.1) is 10.2 Å². The first kappa shape index (κ1) is 22.1. The van der Waals surface area contributed by atoms with E-state index in [0.717, 1.165) is 5.75 Å². The van der Waals surface area contributed by atoms with Crippen LogP contribution in [0.4, 0.5) is 11.4 Å². The van der Waals surface area contributed by atoms with Gasteiger partial charge in [-0.05, 0) is 60.7 Å². The Morgan fingerprint density at radius 1 is 0.879 bits per heavy atom. The Morgan fingerprint density at radius 2 is 1.52 bits per heavy atom. The maximum atomic E-state index is 12.5. The van der Waals surface area contributed by atoms with Gasteiger partial charge in [-0.3, -0.25) is 9.59 Å². The van der Waals surface area contributed by atoms with E-state index in [1.54, 1.807) is 59.4 Å². The molecule has 0 atom stereocenters. The Kier molecular flexibility index (Phi) is 7.01. The van der Waals surface area contributed by atoms with Crippen molar-refractivity contribution in [3.8, 4) is 11.5 Å². The maximum absolute atomic E-state index is 12.5. The third-order valence-corrected chi connectivity index (χ3v) is 5.56. The quantitative estimate of drug-likeness (QED) is 0.374. The highest BCUT2D eigenvalue weighted by Gasteiger charge is 2.09. The van der Waals surface area contributed by atoms with Crippen molar-refractivity contribution < 1.29 is 14.3 Å². The number of aryl methyl sites for hydroxylation is 1. The number of hydrogen-bond donors (Lipinski definition) is 2. The number of ether oxygens (including phenoxy) is 1. The number of carbonyl (C=O) groups is 2. The molecule has 0 aliphatic heterocycles. The molecule has 2 N–H and O–H groups in total. The molecule has 1 heterocycles. The van der Waals surface area contributed by atoms with Crippen LogP contribution in [0.15, 0.2) is 90.3 Å². The Bertz CT molecular complexity index is 1230. The molecule has 33 heavy (non-hydrogen) atoms. The molecule has 2 amide bonds. The molecule has 8 nitrogen and oxygen atoms in total. The lowest BCUT2D eigenvalue weighted by Gasteiger charge is -2.09. The van der Waals surface area contributed by atoms with Crippen molar-refractivity contribution in [3.63, 3.8) is 0 Å². The summed E-state index contributed by atoms with van der Waals surface area (Å²) in [6, 6.07) is 23.3. The van der Waals surface area contributed by atoms with Gasteiger partial charge in [0.1, 0.15) is 17.8 Å². The Morgan fingerprint density at radius 3 is 2.18 bits per heavy atom.